The average molecular weight is 821 g/mol. The van der Waals surface area contributed by atoms with Crippen LogP contribution < -0.4 is 4.74 Å². The van der Waals surface area contributed by atoms with Gasteiger partial charge in [-0.1, -0.05) is 182 Å². The lowest BCUT2D eigenvalue weighted by Gasteiger charge is -2.39. The highest BCUT2D eigenvalue weighted by Crippen LogP contribution is 2.62. The van der Waals surface area contributed by atoms with Gasteiger partial charge in [0.1, 0.15) is 11.5 Å². The Morgan fingerprint density at radius 2 is 0.889 bits per heavy atom. The summed E-state index contributed by atoms with van der Waals surface area (Å²) in [7, 11) is 0. The third-order valence-electron chi connectivity index (χ3n) is 13.0. The third kappa shape index (κ3) is 5.52. The minimum Gasteiger partial charge on any atom is -0.457 e. The molecule has 0 atom stereocenters. The van der Waals surface area contributed by atoms with E-state index in [4.69, 9.17) is 14.7 Å². The average Bonchev–Trinajstić information content (AvgIpc) is 3.88. The highest BCUT2D eigenvalue weighted by molar-refractivity contribution is 7.26. The first-order valence-corrected chi connectivity index (χ1v) is 22.2. The van der Waals surface area contributed by atoms with Crippen molar-refractivity contribution >= 4 is 31.6 Å². The van der Waals surface area contributed by atoms with Gasteiger partial charge in [-0.25, -0.2) is 9.97 Å². The van der Waals surface area contributed by atoms with Gasteiger partial charge in [-0.2, -0.15) is 0 Å². The maximum Gasteiger partial charge on any atom is 0.160 e. The molecule has 0 fully saturated rings. The Hall–Kier alpha value is -7.92. The van der Waals surface area contributed by atoms with Gasteiger partial charge in [0.05, 0.1) is 21.3 Å². The number of rotatable bonds is 5. The molecule has 4 heteroatoms. The number of benzene rings is 9. The maximum absolute atomic E-state index is 6.60. The molecule has 0 saturated heterocycles. The lowest BCUT2D eigenvalue weighted by molar-refractivity contribution is 0.436. The molecular formula is C59H36N2OS. The molecule has 2 aliphatic rings. The summed E-state index contributed by atoms with van der Waals surface area (Å²) in [6, 6.07) is 78.5. The van der Waals surface area contributed by atoms with Crippen LogP contribution in [0.25, 0.3) is 87.5 Å². The van der Waals surface area contributed by atoms with E-state index >= 15 is 0 Å². The SMILES string of the molecule is c1ccc(-c2ccc(-c3nc(-c4cccc(-c5cccc(-c6ccc7c(c6)C6(c8ccccc8Oc8ccccc86)c6ccccc6-7)c5)c4)c4sc5ccccc5c4n3)cc2)cc1. The van der Waals surface area contributed by atoms with Gasteiger partial charge < -0.3 is 4.74 Å². The van der Waals surface area contributed by atoms with Crippen molar-refractivity contribution in [3.63, 3.8) is 0 Å². The topological polar surface area (TPSA) is 35.0 Å². The van der Waals surface area contributed by atoms with Crippen molar-refractivity contribution in [2.75, 3.05) is 0 Å². The van der Waals surface area contributed by atoms with Crippen LogP contribution in [0.15, 0.2) is 218 Å². The van der Waals surface area contributed by atoms with Crippen molar-refractivity contribution in [2.24, 2.45) is 0 Å². The molecule has 0 saturated carbocycles. The fraction of sp³-hybridized carbons (Fsp3) is 0.0169. The Kier molecular flexibility index (Phi) is 7.99. The molecule has 13 rings (SSSR count). The molecular weight excluding hydrogens is 785 g/mol. The zero-order chi connectivity index (χ0) is 41.5. The zero-order valence-electron chi connectivity index (χ0n) is 34.0. The third-order valence-corrected chi connectivity index (χ3v) is 14.1. The quantitative estimate of drug-likeness (QED) is 0.173. The Bertz CT molecular complexity index is 3560. The van der Waals surface area contributed by atoms with Gasteiger partial charge >= 0.3 is 0 Å². The molecule has 3 nitrogen and oxygen atoms in total. The second-order valence-electron chi connectivity index (χ2n) is 16.4. The van der Waals surface area contributed by atoms with Crippen LogP contribution in [-0.2, 0) is 5.41 Å². The molecule has 0 unspecified atom stereocenters. The maximum atomic E-state index is 6.60. The van der Waals surface area contributed by atoms with E-state index in [1.54, 1.807) is 11.3 Å². The number of para-hydroxylation sites is 2. The second-order valence-corrected chi connectivity index (χ2v) is 17.5. The number of hydrogen-bond acceptors (Lipinski definition) is 4. The summed E-state index contributed by atoms with van der Waals surface area (Å²) in [5, 5.41) is 1.15. The number of nitrogens with zero attached hydrogens (tertiary/aromatic N) is 2. The molecule has 294 valence electrons. The molecule has 1 aliphatic carbocycles. The smallest absolute Gasteiger partial charge is 0.160 e. The van der Waals surface area contributed by atoms with E-state index in [0.717, 1.165) is 66.4 Å². The van der Waals surface area contributed by atoms with Crippen LogP contribution in [0.5, 0.6) is 11.5 Å². The van der Waals surface area contributed by atoms with Crippen LogP contribution in [0, 0.1) is 0 Å². The summed E-state index contributed by atoms with van der Waals surface area (Å²) in [5.74, 6) is 2.52. The van der Waals surface area contributed by atoms with Crippen molar-refractivity contribution in [1.82, 2.24) is 9.97 Å². The van der Waals surface area contributed by atoms with Crippen LogP contribution in [0.3, 0.4) is 0 Å². The van der Waals surface area contributed by atoms with E-state index < -0.39 is 5.41 Å². The van der Waals surface area contributed by atoms with Crippen molar-refractivity contribution in [2.45, 2.75) is 5.41 Å². The van der Waals surface area contributed by atoms with Crippen LogP contribution in [0.4, 0.5) is 0 Å². The fourth-order valence-corrected chi connectivity index (χ4v) is 11.3. The Morgan fingerprint density at radius 1 is 0.365 bits per heavy atom. The Labute approximate surface area is 369 Å². The van der Waals surface area contributed by atoms with E-state index in [0.29, 0.717) is 0 Å². The second kappa shape index (κ2) is 14.1. The van der Waals surface area contributed by atoms with Crippen LogP contribution in [-0.4, -0.2) is 9.97 Å². The van der Waals surface area contributed by atoms with E-state index in [2.05, 4.69) is 212 Å². The molecule has 3 heterocycles. The van der Waals surface area contributed by atoms with Gasteiger partial charge in [0.15, 0.2) is 5.82 Å². The molecule has 0 N–H and O–H groups in total. The summed E-state index contributed by atoms with van der Waals surface area (Å²) in [6.45, 7) is 0. The first-order chi connectivity index (χ1) is 31.2. The van der Waals surface area contributed by atoms with Gasteiger partial charge in [-0.05, 0) is 92.0 Å². The normalized spacial score (nSPS) is 13.0. The zero-order valence-corrected chi connectivity index (χ0v) is 34.8. The highest BCUT2D eigenvalue weighted by atomic mass is 32.1. The summed E-state index contributed by atoms with van der Waals surface area (Å²) >= 11 is 1.76. The van der Waals surface area contributed by atoms with Gasteiger partial charge in [-0.15, -0.1) is 11.3 Å². The minimum absolute atomic E-state index is 0.516. The first-order valence-electron chi connectivity index (χ1n) is 21.4. The van der Waals surface area contributed by atoms with Gasteiger partial charge in [0, 0.05) is 32.3 Å². The van der Waals surface area contributed by atoms with Crippen LogP contribution >= 0.6 is 11.3 Å². The Balaban J connectivity index is 0.927. The summed E-state index contributed by atoms with van der Waals surface area (Å²) < 4.78 is 8.89. The number of fused-ring (bicyclic) bond motifs is 12. The van der Waals surface area contributed by atoms with Crippen molar-refractivity contribution in [3.05, 3.63) is 241 Å². The first kappa shape index (κ1) is 35.8. The fourth-order valence-electron chi connectivity index (χ4n) is 10.1. The van der Waals surface area contributed by atoms with Gasteiger partial charge in [0.25, 0.3) is 0 Å². The number of aromatic nitrogens is 2. The molecule has 1 spiro atoms. The highest BCUT2D eigenvalue weighted by Gasteiger charge is 2.51. The molecule has 0 amide bonds. The molecule has 0 radical (unpaired) electrons. The summed E-state index contributed by atoms with van der Waals surface area (Å²) in [5.41, 5.74) is 17.9. The van der Waals surface area contributed by atoms with Crippen LogP contribution in [0.2, 0.25) is 0 Å². The largest absolute Gasteiger partial charge is 0.457 e. The predicted octanol–water partition coefficient (Wildman–Crippen LogP) is 15.6. The standard InChI is InChI=1S/C59H36N2OS/c1-2-14-37(15-3-1)38-28-30-39(31-29-38)58-60-55(57-56(61-58)47-21-5-11-27-54(47)63-57)44-19-13-18-42(35-44)40-16-12-17-41(34-40)43-32-33-46-45-20-4-6-22-48(45)59(51(46)36-43)49-23-7-9-25-52(49)62-53-26-10-8-24-50(53)59/h1-36H. The van der Waals surface area contributed by atoms with Gasteiger partial charge in [0.2, 0.25) is 0 Å². The van der Waals surface area contributed by atoms with E-state index in [-0.39, 0.29) is 0 Å². The molecule has 1 aliphatic heterocycles. The van der Waals surface area contributed by atoms with E-state index in [1.165, 1.54) is 54.8 Å². The summed E-state index contributed by atoms with van der Waals surface area (Å²) in [4.78, 5) is 10.6. The molecule has 0 bridgehead atoms. The molecule has 9 aromatic carbocycles. The van der Waals surface area contributed by atoms with Crippen molar-refractivity contribution < 1.29 is 4.74 Å². The lowest BCUT2D eigenvalue weighted by atomic mass is 9.66. The molecule has 2 aromatic heterocycles. The minimum atomic E-state index is -0.516. The van der Waals surface area contributed by atoms with Crippen molar-refractivity contribution in [1.29, 1.82) is 0 Å². The molecule has 63 heavy (non-hydrogen) atoms. The molecule has 11 aromatic rings. The van der Waals surface area contributed by atoms with E-state index in [9.17, 15) is 0 Å². The Morgan fingerprint density at radius 3 is 1.63 bits per heavy atom. The number of ether oxygens (including phenoxy) is 1. The number of hydrogen-bond donors (Lipinski definition) is 0. The monoisotopic (exact) mass is 820 g/mol. The lowest BCUT2D eigenvalue weighted by Crippen LogP contribution is -2.32. The predicted molar refractivity (Wildman–Crippen MR) is 259 cm³/mol. The van der Waals surface area contributed by atoms with Gasteiger partial charge in [-0.3, -0.25) is 0 Å². The van der Waals surface area contributed by atoms with Crippen molar-refractivity contribution in [3.8, 4) is 78.7 Å². The van der Waals surface area contributed by atoms with Crippen LogP contribution in [0.1, 0.15) is 22.3 Å². The number of thiophene rings is 1. The summed E-state index contributed by atoms with van der Waals surface area (Å²) in [6.07, 6.45) is 0. The van der Waals surface area contributed by atoms with E-state index in [1.807, 2.05) is 6.07 Å².